The number of aliphatic hydroxyl groups excluding tert-OH is 1. The number of methoxy groups -OCH3 is 1. The summed E-state index contributed by atoms with van der Waals surface area (Å²) < 4.78 is 10.1. The highest BCUT2D eigenvalue weighted by Gasteiger charge is 2.27. The van der Waals surface area contributed by atoms with Crippen LogP contribution in [0.25, 0.3) is 10.9 Å². The molecule has 11 nitrogen and oxygen atoms in total. The molecule has 3 rings (SSSR count). The lowest BCUT2D eigenvalue weighted by Crippen LogP contribution is -2.40. The number of nitrogens with two attached hydrogens (primary N) is 1. The molecule has 36 heavy (non-hydrogen) atoms. The van der Waals surface area contributed by atoms with E-state index in [0.717, 1.165) is 27.8 Å². The Morgan fingerprint density at radius 3 is 2.72 bits per heavy atom. The van der Waals surface area contributed by atoms with E-state index in [0.29, 0.717) is 4.88 Å². The number of nitrogens with one attached hydrogen (secondary N) is 3. The van der Waals surface area contributed by atoms with E-state index in [4.69, 9.17) is 15.2 Å². The highest BCUT2D eigenvalue weighted by Crippen LogP contribution is 2.30. The summed E-state index contributed by atoms with van der Waals surface area (Å²) in [7, 11) is 1.21. The fourth-order valence-corrected chi connectivity index (χ4v) is 4.47. The molecule has 2 aromatic heterocycles. The summed E-state index contributed by atoms with van der Waals surface area (Å²) in [5.74, 6) is -1.49. The highest BCUT2D eigenvalue weighted by molar-refractivity contribution is 7.14. The second-order valence-electron chi connectivity index (χ2n) is 9.13. The molecule has 6 N–H and O–H groups in total. The van der Waals surface area contributed by atoms with Crippen molar-refractivity contribution in [2.45, 2.75) is 58.0 Å². The summed E-state index contributed by atoms with van der Waals surface area (Å²) in [6, 6.07) is 6.12. The number of carbonyl (C=O) groups excluding carboxylic acids is 3. The SMILES string of the molecule is COC(=O)[C@H](CCC(=O)OC(C)(C)C)NC(O)c1sc(C(=O)NCc2cccc3[nH]ncc23)cc1N. The van der Waals surface area contributed by atoms with Crippen molar-refractivity contribution in [3.05, 3.63) is 45.8 Å². The van der Waals surface area contributed by atoms with Crippen LogP contribution in [0.4, 0.5) is 5.69 Å². The first-order valence-corrected chi connectivity index (χ1v) is 12.1. The number of aromatic nitrogens is 2. The summed E-state index contributed by atoms with van der Waals surface area (Å²) in [4.78, 5) is 37.6. The van der Waals surface area contributed by atoms with Gasteiger partial charge in [0, 0.05) is 18.4 Å². The van der Waals surface area contributed by atoms with Crippen molar-refractivity contribution in [1.82, 2.24) is 20.8 Å². The Kier molecular flexibility index (Phi) is 8.66. The van der Waals surface area contributed by atoms with Crippen molar-refractivity contribution < 1.29 is 29.0 Å². The first-order valence-electron chi connectivity index (χ1n) is 11.3. The molecule has 0 spiro atoms. The maximum atomic E-state index is 12.7. The van der Waals surface area contributed by atoms with Gasteiger partial charge in [-0.25, -0.2) is 0 Å². The number of amides is 1. The topological polar surface area (TPSA) is 169 Å². The fourth-order valence-electron chi connectivity index (χ4n) is 3.52. The van der Waals surface area contributed by atoms with Gasteiger partial charge in [-0.3, -0.25) is 24.8 Å². The standard InChI is InChI=1S/C24H31N5O6S/c1-24(2,3)35-19(30)9-8-17(23(33)34-4)28-22(32)20-15(25)10-18(36-20)21(31)26-11-13-6-5-7-16-14(13)12-27-29-16/h5-7,10,12,17,22,28,32H,8-9,11,25H2,1-4H3,(H,26,31)(H,27,29)/t17-,22?/m0/s1. The van der Waals surface area contributed by atoms with Gasteiger partial charge in [-0.2, -0.15) is 5.10 Å². The van der Waals surface area contributed by atoms with E-state index in [1.54, 1.807) is 27.0 Å². The number of thiophene rings is 1. The fraction of sp³-hybridized carbons (Fsp3) is 0.417. The third kappa shape index (κ3) is 7.03. The van der Waals surface area contributed by atoms with Crippen LogP contribution in [-0.2, 0) is 25.6 Å². The molecule has 1 unspecified atom stereocenters. The molecule has 194 valence electrons. The zero-order chi connectivity index (χ0) is 26.5. The summed E-state index contributed by atoms with van der Waals surface area (Å²) in [6.07, 6.45) is 0.310. The average Bonchev–Trinajstić information content (AvgIpc) is 3.45. The predicted octanol–water partition coefficient (Wildman–Crippen LogP) is 2.38. The predicted molar refractivity (Wildman–Crippen MR) is 135 cm³/mol. The Morgan fingerprint density at radius 1 is 1.28 bits per heavy atom. The van der Waals surface area contributed by atoms with E-state index in [2.05, 4.69) is 20.8 Å². The molecule has 0 radical (unpaired) electrons. The van der Waals surface area contributed by atoms with Gasteiger partial charge in [0.1, 0.15) is 17.9 Å². The molecule has 2 heterocycles. The molecule has 0 aliphatic carbocycles. The Labute approximate surface area is 212 Å². The van der Waals surface area contributed by atoms with E-state index in [9.17, 15) is 19.5 Å². The van der Waals surface area contributed by atoms with Gasteiger partial charge in [0.2, 0.25) is 0 Å². The molecule has 3 aromatic rings. The normalized spacial score (nSPS) is 13.2. The maximum Gasteiger partial charge on any atom is 0.322 e. The molecule has 0 bridgehead atoms. The maximum absolute atomic E-state index is 12.7. The summed E-state index contributed by atoms with van der Waals surface area (Å²) in [6.45, 7) is 5.51. The van der Waals surface area contributed by atoms with E-state index >= 15 is 0 Å². The third-order valence-corrected chi connectivity index (χ3v) is 6.38. The molecule has 2 atom stereocenters. The molecule has 1 amide bonds. The van der Waals surface area contributed by atoms with Gasteiger partial charge in [0.25, 0.3) is 5.91 Å². The Balaban J connectivity index is 1.63. The third-order valence-electron chi connectivity index (χ3n) is 5.18. The van der Waals surface area contributed by atoms with Gasteiger partial charge in [0.05, 0.1) is 34.3 Å². The van der Waals surface area contributed by atoms with Crippen LogP contribution in [-0.4, -0.2) is 51.9 Å². The van der Waals surface area contributed by atoms with Gasteiger partial charge < -0.3 is 25.6 Å². The molecular weight excluding hydrogens is 486 g/mol. The Bertz CT molecular complexity index is 1230. The molecule has 12 heteroatoms. The zero-order valence-corrected chi connectivity index (χ0v) is 21.4. The van der Waals surface area contributed by atoms with Crippen LogP contribution in [0.5, 0.6) is 0 Å². The molecule has 0 saturated heterocycles. The van der Waals surface area contributed by atoms with Gasteiger partial charge in [-0.05, 0) is 44.9 Å². The minimum atomic E-state index is -1.36. The lowest BCUT2D eigenvalue weighted by atomic mass is 10.1. The van der Waals surface area contributed by atoms with Crippen molar-refractivity contribution in [1.29, 1.82) is 0 Å². The number of esters is 2. The molecule has 0 aliphatic heterocycles. The minimum Gasteiger partial charge on any atom is -0.468 e. The monoisotopic (exact) mass is 517 g/mol. The number of nitrogens with zero attached hydrogens (tertiary/aromatic N) is 1. The first-order chi connectivity index (χ1) is 17.0. The highest BCUT2D eigenvalue weighted by atomic mass is 32.1. The molecule has 0 saturated carbocycles. The zero-order valence-electron chi connectivity index (χ0n) is 20.6. The van der Waals surface area contributed by atoms with Gasteiger partial charge >= 0.3 is 11.9 Å². The van der Waals surface area contributed by atoms with Crippen LogP contribution < -0.4 is 16.4 Å². The summed E-state index contributed by atoms with van der Waals surface area (Å²) in [5, 5.41) is 24.1. The molecular formula is C24H31N5O6S. The number of rotatable bonds is 10. The van der Waals surface area contributed by atoms with E-state index < -0.39 is 29.8 Å². The first kappa shape index (κ1) is 27.1. The van der Waals surface area contributed by atoms with Crippen molar-refractivity contribution in [3.8, 4) is 0 Å². The molecule has 0 aliphatic rings. The van der Waals surface area contributed by atoms with Crippen LogP contribution in [0, 0.1) is 0 Å². The van der Waals surface area contributed by atoms with Crippen molar-refractivity contribution in [2.24, 2.45) is 0 Å². The Morgan fingerprint density at radius 2 is 2.03 bits per heavy atom. The second kappa shape index (κ2) is 11.5. The minimum absolute atomic E-state index is 0.0385. The molecule has 1 aromatic carbocycles. The van der Waals surface area contributed by atoms with E-state index in [-0.39, 0.29) is 35.9 Å². The number of nitrogen functional groups attached to an aromatic ring is 1. The van der Waals surface area contributed by atoms with Crippen molar-refractivity contribution in [3.63, 3.8) is 0 Å². The van der Waals surface area contributed by atoms with Gasteiger partial charge in [0.15, 0.2) is 0 Å². The van der Waals surface area contributed by atoms with Crippen LogP contribution >= 0.6 is 11.3 Å². The van der Waals surface area contributed by atoms with Crippen LogP contribution in [0.15, 0.2) is 30.5 Å². The smallest absolute Gasteiger partial charge is 0.322 e. The average molecular weight is 518 g/mol. The number of aliphatic hydroxyl groups is 1. The second-order valence-corrected chi connectivity index (χ2v) is 10.2. The van der Waals surface area contributed by atoms with Gasteiger partial charge in [-0.1, -0.05) is 12.1 Å². The number of hydrogen-bond donors (Lipinski definition) is 5. The van der Waals surface area contributed by atoms with Crippen LogP contribution in [0.1, 0.15) is 60.0 Å². The number of anilines is 1. The molecule has 0 fully saturated rings. The lowest BCUT2D eigenvalue weighted by Gasteiger charge is -2.22. The van der Waals surface area contributed by atoms with E-state index in [1.165, 1.54) is 13.2 Å². The number of fused-ring (bicyclic) bond motifs is 1. The number of carbonyl (C=O) groups is 3. The van der Waals surface area contributed by atoms with Crippen LogP contribution in [0.3, 0.4) is 0 Å². The quantitative estimate of drug-likeness (QED) is 0.200. The number of aromatic amines is 1. The number of ether oxygens (including phenoxy) is 2. The number of benzene rings is 1. The van der Waals surface area contributed by atoms with Crippen LogP contribution in [0.2, 0.25) is 0 Å². The lowest BCUT2D eigenvalue weighted by molar-refractivity contribution is -0.155. The Hall–Kier alpha value is -3.48. The summed E-state index contributed by atoms with van der Waals surface area (Å²) in [5.41, 5.74) is 7.35. The van der Waals surface area contributed by atoms with Gasteiger partial charge in [-0.15, -0.1) is 11.3 Å². The summed E-state index contributed by atoms with van der Waals surface area (Å²) >= 11 is 0.998. The number of H-pyrrole nitrogens is 1. The number of hydrogen-bond acceptors (Lipinski definition) is 10. The largest absolute Gasteiger partial charge is 0.468 e. The van der Waals surface area contributed by atoms with Crippen molar-refractivity contribution in [2.75, 3.05) is 12.8 Å². The van der Waals surface area contributed by atoms with Crippen molar-refractivity contribution >= 4 is 45.8 Å². The van der Waals surface area contributed by atoms with E-state index in [1.807, 2.05) is 18.2 Å².